The highest BCUT2D eigenvalue weighted by atomic mass is 32.2. The minimum Gasteiger partial charge on any atom is -0.310 e. The Morgan fingerprint density at radius 3 is 2.43 bits per heavy atom. The van der Waals surface area contributed by atoms with Gasteiger partial charge in [-0.2, -0.15) is 0 Å². The largest absolute Gasteiger partial charge is 0.310 e. The molecule has 0 amide bonds. The molecule has 21 heavy (non-hydrogen) atoms. The van der Waals surface area contributed by atoms with Crippen molar-refractivity contribution in [2.45, 2.75) is 57.3 Å². The Kier molecular flexibility index (Phi) is 5.13. The van der Waals surface area contributed by atoms with Crippen LogP contribution in [0.5, 0.6) is 0 Å². The topological polar surface area (TPSA) is 58.2 Å². The van der Waals surface area contributed by atoms with E-state index in [-0.39, 0.29) is 5.41 Å². The van der Waals surface area contributed by atoms with Gasteiger partial charge in [0.05, 0.1) is 0 Å². The maximum Gasteiger partial charge on any atom is 0.250 e. The van der Waals surface area contributed by atoms with Gasteiger partial charge in [0.15, 0.2) is 0 Å². The molecule has 0 spiro atoms. The van der Waals surface area contributed by atoms with Crippen LogP contribution in [0.1, 0.15) is 45.4 Å². The molecule has 2 rings (SSSR count). The Bertz CT molecular complexity index is 572. The van der Waals surface area contributed by atoms with E-state index in [2.05, 4.69) is 37.7 Å². The van der Waals surface area contributed by atoms with Crippen LogP contribution in [0.15, 0.2) is 16.3 Å². The maximum absolute atomic E-state index is 12.4. The van der Waals surface area contributed by atoms with Gasteiger partial charge >= 0.3 is 0 Å². The van der Waals surface area contributed by atoms with E-state index in [9.17, 15) is 8.42 Å². The van der Waals surface area contributed by atoms with E-state index in [1.165, 1.54) is 11.3 Å². The van der Waals surface area contributed by atoms with E-state index >= 15 is 0 Å². The summed E-state index contributed by atoms with van der Waals surface area (Å²) in [6.07, 6.45) is 2.25. The fourth-order valence-electron chi connectivity index (χ4n) is 2.33. The fourth-order valence-corrected chi connectivity index (χ4v) is 4.82. The molecule has 0 aromatic carbocycles. The molecule has 0 aliphatic heterocycles. The molecule has 1 aliphatic rings. The van der Waals surface area contributed by atoms with Gasteiger partial charge in [0.25, 0.3) is 0 Å². The summed E-state index contributed by atoms with van der Waals surface area (Å²) in [7, 11) is -3.36. The van der Waals surface area contributed by atoms with E-state index in [1.54, 1.807) is 6.07 Å². The lowest BCUT2D eigenvalue weighted by atomic mass is 9.93. The quantitative estimate of drug-likeness (QED) is 0.770. The van der Waals surface area contributed by atoms with Gasteiger partial charge in [-0.25, -0.2) is 13.1 Å². The molecule has 4 nitrogen and oxygen atoms in total. The monoisotopic (exact) mass is 330 g/mol. The van der Waals surface area contributed by atoms with Crippen LogP contribution in [-0.2, 0) is 16.6 Å². The van der Waals surface area contributed by atoms with Crippen LogP contribution in [0, 0.1) is 11.3 Å². The minimum absolute atomic E-state index is 0.187. The van der Waals surface area contributed by atoms with Crippen LogP contribution in [0.25, 0.3) is 0 Å². The number of hydrogen-bond acceptors (Lipinski definition) is 4. The second-order valence-electron chi connectivity index (χ2n) is 6.60. The second kappa shape index (κ2) is 6.36. The van der Waals surface area contributed by atoms with Crippen molar-refractivity contribution in [1.82, 2.24) is 10.0 Å². The van der Waals surface area contributed by atoms with Crippen LogP contribution in [0.4, 0.5) is 0 Å². The number of nitrogens with one attached hydrogen (secondary N) is 2. The summed E-state index contributed by atoms with van der Waals surface area (Å²) in [4.78, 5) is 1.05. The van der Waals surface area contributed by atoms with E-state index in [4.69, 9.17) is 0 Å². The Labute approximate surface area is 132 Å². The van der Waals surface area contributed by atoms with Crippen LogP contribution in [-0.4, -0.2) is 21.0 Å². The Balaban J connectivity index is 1.96. The van der Waals surface area contributed by atoms with Gasteiger partial charge < -0.3 is 5.32 Å². The van der Waals surface area contributed by atoms with Crippen molar-refractivity contribution in [2.24, 2.45) is 11.3 Å². The summed E-state index contributed by atoms with van der Waals surface area (Å²) >= 11 is 1.35. The first kappa shape index (κ1) is 16.9. The highest BCUT2D eigenvalue weighted by Gasteiger charge is 2.45. The normalized spacial score (nSPS) is 17.6. The van der Waals surface area contributed by atoms with E-state index < -0.39 is 10.0 Å². The molecule has 1 saturated carbocycles. The highest BCUT2D eigenvalue weighted by molar-refractivity contribution is 7.91. The zero-order valence-electron chi connectivity index (χ0n) is 13.3. The van der Waals surface area contributed by atoms with E-state index in [0.717, 1.165) is 17.7 Å². The molecular formula is C15H26N2O2S2. The summed E-state index contributed by atoms with van der Waals surface area (Å²) in [6, 6.07) is 3.99. The molecular weight excluding hydrogens is 304 g/mol. The molecule has 1 aromatic rings. The summed E-state index contributed by atoms with van der Waals surface area (Å²) in [5, 5.41) is 3.30. The van der Waals surface area contributed by atoms with Gasteiger partial charge in [-0.15, -0.1) is 11.3 Å². The molecule has 6 heteroatoms. The van der Waals surface area contributed by atoms with Crippen molar-refractivity contribution < 1.29 is 8.42 Å². The maximum atomic E-state index is 12.4. The van der Waals surface area contributed by atoms with Gasteiger partial charge in [-0.05, 0) is 36.3 Å². The molecule has 2 N–H and O–H groups in total. The van der Waals surface area contributed by atoms with Crippen molar-refractivity contribution in [2.75, 3.05) is 6.54 Å². The lowest BCUT2D eigenvalue weighted by molar-refractivity contribution is 0.357. The Hall–Kier alpha value is -0.430. The summed E-state index contributed by atoms with van der Waals surface area (Å²) in [5.74, 6) is 0.523. The van der Waals surface area contributed by atoms with Crippen molar-refractivity contribution in [1.29, 1.82) is 0 Å². The average molecular weight is 331 g/mol. The molecule has 0 radical (unpaired) electrons. The number of thiophene rings is 1. The average Bonchev–Trinajstić information content (AvgIpc) is 3.04. The van der Waals surface area contributed by atoms with Crippen LogP contribution in [0.2, 0.25) is 0 Å². The van der Waals surface area contributed by atoms with Gasteiger partial charge in [0.1, 0.15) is 4.21 Å². The third kappa shape index (κ3) is 4.28. The van der Waals surface area contributed by atoms with Gasteiger partial charge in [0, 0.05) is 24.0 Å². The predicted molar refractivity (Wildman–Crippen MR) is 88.0 cm³/mol. The first-order valence-electron chi connectivity index (χ1n) is 7.57. The molecule has 1 heterocycles. The van der Waals surface area contributed by atoms with Crippen molar-refractivity contribution in [3.63, 3.8) is 0 Å². The third-order valence-electron chi connectivity index (χ3n) is 4.32. The molecule has 1 aliphatic carbocycles. The fraction of sp³-hybridized carbons (Fsp3) is 0.733. The smallest absolute Gasteiger partial charge is 0.250 e. The standard InChI is InChI=1S/C15H26N2O2S2/c1-11(2)15(7-8-15)10-17-21(18,19)14-6-5-13(20-14)9-16-12(3)4/h5-6,11-12,16-17H,7-10H2,1-4H3. The molecule has 0 atom stereocenters. The minimum atomic E-state index is -3.36. The number of sulfonamides is 1. The Morgan fingerprint density at radius 1 is 1.24 bits per heavy atom. The zero-order chi connectivity index (χ0) is 15.7. The van der Waals surface area contributed by atoms with Crippen molar-refractivity contribution in [3.8, 4) is 0 Å². The van der Waals surface area contributed by atoms with Crippen LogP contribution in [0.3, 0.4) is 0 Å². The lowest BCUT2D eigenvalue weighted by Crippen LogP contribution is -2.32. The van der Waals surface area contributed by atoms with Crippen molar-refractivity contribution >= 4 is 21.4 Å². The lowest BCUT2D eigenvalue weighted by Gasteiger charge is -2.19. The second-order valence-corrected chi connectivity index (χ2v) is 9.76. The molecule has 0 bridgehead atoms. The van der Waals surface area contributed by atoms with Crippen LogP contribution >= 0.6 is 11.3 Å². The zero-order valence-corrected chi connectivity index (χ0v) is 14.9. The predicted octanol–water partition coefficient (Wildman–Crippen LogP) is 2.96. The van der Waals surface area contributed by atoms with Crippen molar-refractivity contribution in [3.05, 3.63) is 17.0 Å². The van der Waals surface area contributed by atoms with Gasteiger partial charge in [-0.3, -0.25) is 0 Å². The SMILES string of the molecule is CC(C)NCc1ccc(S(=O)(=O)NCC2(C(C)C)CC2)s1. The van der Waals surface area contributed by atoms with Gasteiger partial charge in [0.2, 0.25) is 10.0 Å². The Morgan fingerprint density at radius 2 is 1.90 bits per heavy atom. The first-order valence-corrected chi connectivity index (χ1v) is 9.87. The molecule has 0 unspecified atom stereocenters. The van der Waals surface area contributed by atoms with Crippen LogP contribution < -0.4 is 10.0 Å². The summed E-state index contributed by atoms with van der Waals surface area (Å²) in [5.41, 5.74) is 0.187. The number of rotatable bonds is 8. The summed E-state index contributed by atoms with van der Waals surface area (Å²) < 4.78 is 27.9. The van der Waals surface area contributed by atoms with E-state index in [0.29, 0.717) is 29.3 Å². The first-order chi connectivity index (χ1) is 9.75. The molecule has 1 aromatic heterocycles. The molecule has 120 valence electrons. The van der Waals surface area contributed by atoms with E-state index in [1.807, 2.05) is 6.07 Å². The number of hydrogen-bond donors (Lipinski definition) is 2. The molecule has 1 fully saturated rings. The highest BCUT2D eigenvalue weighted by Crippen LogP contribution is 2.51. The molecule has 0 saturated heterocycles. The summed E-state index contributed by atoms with van der Waals surface area (Å²) in [6.45, 7) is 9.77. The van der Waals surface area contributed by atoms with Gasteiger partial charge in [-0.1, -0.05) is 27.7 Å². The third-order valence-corrected chi connectivity index (χ3v) is 7.30.